The first-order valence-electron chi connectivity index (χ1n) is 1.97. The van der Waals surface area contributed by atoms with Crippen LogP contribution in [0, 0.1) is 0 Å². The molecule has 1 rings (SSSR count). The lowest BCUT2D eigenvalue weighted by Crippen LogP contribution is -1.86. The lowest BCUT2D eigenvalue weighted by molar-refractivity contribution is 0.608. The number of hydrogen-bond acceptors (Lipinski definition) is 5. The van der Waals surface area contributed by atoms with E-state index in [0.29, 0.717) is 0 Å². The Morgan fingerprint density at radius 2 is 2.33 bits per heavy atom. The Bertz CT molecular complexity index is 289. The van der Waals surface area contributed by atoms with Gasteiger partial charge in [-0.2, -0.15) is 8.42 Å². The summed E-state index contributed by atoms with van der Waals surface area (Å²) in [7, 11) is -2.46. The van der Waals surface area contributed by atoms with E-state index in [-0.39, 0.29) is 0 Å². The van der Waals surface area contributed by atoms with Crippen LogP contribution in [0.5, 0.6) is 0 Å². The second kappa shape index (κ2) is 2.35. The van der Waals surface area contributed by atoms with Crippen LogP contribution in [0.3, 0.4) is 0 Å². The molecule has 48 valence electrons. The minimum absolute atomic E-state index is 0.850. The summed E-state index contributed by atoms with van der Waals surface area (Å²) < 4.78 is 22.6. The average Bonchev–Trinajstić information content (AvgIpc) is 2.15. The zero-order valence-corrected chi connectivity index (χ0v) is 4.98. The minimum atomic E-state index is -2.46. The molecule has 0 bridgehead atoms. The number of hydrogen-bond donors (Lipinski definition) is 0. The molecular weight excluding hydrogens is 144 g/mol. The van der Waals surface area contributed by atoms with E-state index in [1.807, 2.05) is 0 Å². The van der Waals surface area contributed by atoms with Crippen molar-refractivity contribution in [1.29, 1.82) is 0 Å². The van der Waals surface area contributed by atoms with Crippen LogP contribution in [0.4, 0.5) is 0 Å². The van der Waals surface area contributed by atoms with Gasteiger partial charge in [0, 0.05) is 0 Å². The molecule has 6 nitrogen and oxygen atoms in total. The monoisotopic (exact) mass is 146 g/mol. The normalized spacial score (nSPS) is 8.89. The van der Waals surface area contributed by atoms with Crippen LogP contribution in [0.15, 0.2) is 16.9 Å². The van der Waals surface area contributed by atoms with Gasteiger partial charge < -0.3 is 0 Å². The van der Waals surface area contributed by atoms with Crippen molar-refractivity contribution in [2.24, 2.45) is 4.47 Å². The molecule has 1 aromatic heterocycles. The summed E-state index contributed by atoms with van der Waals surface area (Å²) >= 11 is 0. The van der Waals surface area contributed by atoms with E-state index in [0.717, 1.165) is 4.79 Å². The van der Waals surface area contributed by atoms with E-state index < -0.39 is 10.5 Å². The van der Waals surface area contributed by atoms with Gasteiger partial charge in [-0.05, 0) is 9.69 Å². The van der Waals surface area contributed by atoms with Gasteiger partial charge in [0.1, 0.15) is 0 Å². The minimum Gasteiger partial charge on any atom is -0.162 e. The van der Waals surface area contributed by atoms with Gasteiger partial charge in [0.25, 0.3) is 0 Å². The maximum atomic E-state index is 9.81. The number of nitrogens with zero attached hydrogens (tertiary/aromatic N) is 4. The Hall–Kier alpha value is -1.24. The van der Waals surface area contributed by atoms with E-state index in [1.54, 1.807) is 0 Å². The molecule has 0 saturated heterocycles. The summed E-state index contributed by atoms with van der Waals surface area (Å²) in [5.74, 6) is 0. The lowest BCUT2D eigenvalue weighted by Gasteiger charge is -1.75. The molecule has 1 heterocycles. The Labute approximate surface area is 51.8 Å². The van der Waals surface area contributed by atoms with Gasteiger partial charge in [0.2, 0.25) is 0 Å². The molecule has 0 atom stereocenters. The van der Waals surface area contributed by atoms with E-state index in [4.69, 9.17) is 0 Å². The Balaban J connectivity index is 3.07. The molecular formula is C2H2N4O2S. The van der Waals surface area contributed by atoms with Gasteiger partial charge in [-0.1, -0.05) is 0 Å². The van der Waals surface area contributed by atoms with Gasteiger partial charge in [-0.25, -0.2) is 0 Å². The Morgan fingerprint density at radius 1 is 1.56 bits per heavy atom. The van der Waals surface area contributed by atoms with E-state index in [9.17, 15) is 8.42 Å². The number of aromatic nitrogens is 3. The van der Waals surface area contributed by atoms with Crippen LogP contribution in [-0.2, 0) is 10.5 Å². The fourth-order valence-electron chi connectivity index (χ4n) is 0.314. The first-order chi connectivity index (χ1) is 4.29. The molecule has 0 fully saturated rings. The lowest BCUT2D eigenvalue weighted by atomic mass is 11.0. The molecule has 0 aromatic carbocycles. The standard InChI is InChI=1S/C2H2N4O2S/c7-9(8)5-6-2-1-3-4-6/h1-2H. The molecule has 0 spiro atoms. The molecule has 1 aromatic rings. The molecule has 0 radical (unpaired) electrons. The van der Waals surface area contributed by atoms with Crippen LogP contribution in [-0.4, -0.2) is 23.5 Å². The maximum absolute atomic E-state index is 9.81. The molecule has 0 aliphatic heterocycles. The molecule has 0 saturated carbocycles. The van der Waals surface area contributed by atoms with Crippen molar-refractivity contribution >= 4 is 10.5 Å². The van der Waals surface area contributed by atoms with Crippen molar-refractivity contribution in [3.63, 3.8) is 0 Å². The molecule has 9 heavy (non-hydrogen) atoms. The average molecular weight is 146 g/mol. The van der Waals surface area contributed by atoms with Gasteiger partial charge in [-0.3, -0.25) is 0 Å². The molecule has 0 N–H and O–H groups in total. The summed E-state index contributed by atoms with van der Waals surface area (Å²) in [6, 6.07) is 0. The van der Waals surface area contributed by atoms with Gasteiger partial charge >= 0.3 is 10.5 Å². The highest BCUT2D eigenvalue weighted by Gasteiger charge is 1.81. The van der Waals surface area contributed by atoms with Crippen molar-refractivity contribution in [3.8, 4) is 0 Å². The third kappa shape index (κ3) is 1.61. The van der Waals surface area contributed by atoms with Crippen molar-refractivity contribution in [3.05, 3.63) is 12.4 Å². The third-order valence-electron chi connectivity index (χ3n) is 0.560. The highest BCUT2D eigenvalue weighted by atomic mass is 32.2. The first kappa shape index (κ1) is 5.89. The largest absolute Gasteiger partial charge is 0.334 e. The predicted molar refractivity (Wildman–Crippen MR) is 26.8 cm³/mol. The van der Waals surface area contributed by atoms with Crippen LogP contribution < -0.4 is 0 Å². The highest BCUT2D eigenvalue weighted by molar-refractivity contribution is 7.61. The number of rotatable bonds is 1. The van der Waals surface area contributed by atoms with Crippen LogP contribution >= 0.6 is 0 Å². The SMILES string of the molecule is O=S(=O)=Nn1ccnn1. The Morgan fingerprint density at radius 3 is 2.78 bits per heavy atom. The van der Waals surface area contributed by atoms with Crippen LogP contribution in [0.25, 0.3) is 0 Å². The summed E-state index contributed by atoms with van der Waals surface area (Å²) in [4.78, 5) is 0.850. The molecule has 7 heteroatoms. The molecule has 0 amide bonds. The topological polar surface area (TPSA) is 77.2 Å². The highest BCUT2D eigenvalue weighted by Crippen LogP contribution is 1.75. The fourth-order valence-corrected chi connectivity index (χ4v) is 0.538. The van der Waals surface area contributed by atoms with E-state index >= 15 is 0 Å². The zero-order chi connectivity index (χ0) is 6.69. The van der Waals surface area contributed by atoms with Crippen molar-refractivity contribution in [1.82, 2.24) is 15.1 Å². The summed E-state index contributed by atoms with van der Waals surface area (Å²) in [6.45, 7) is 0. The van der Waals surface area contributed by atoms with Crippen molar-refractivity contribution in [2.45, 2.75) is 0 Å². The summed E-state index contributed by atoms with van der Waals surface area (Å²) in [6.07, 6.45) is 2.64. The fraction of sp³-hybridized carbons (Fsp3) is 0. The van der Waals surface area contributed by atoms with E-state index in [1.165, 1.54) is 12.4 Å². The predicted octanol–water partition coefficient (Wildman–Crippen LogP) is -0.896. The third-order valence-corrected chi connectivity index (χ3v) is 0.861. The van der Waals surface area contributed by atoms with Gasteiger partial charge in [0.05, 0.1) is 12.4 Å². The van der Waals surface area contributed by atoms with Crippen LogP contribution in [0.2, 0.25) is 0 Å². The van der Waals surface area contributed by atoms with Crippen molar-refractivity contribution in [2.75, 3.05) is 0 Å². The smallest absolute Gasteiger partial charge is 0.162 e. The molecule has 0 aliphatic rings. The molecule has 0 unspecified atom stereocenters. The first-order valence-corrected chi connectivity index (χ1v) is 3.00. The second-order valence-corrected chi connectivity index (χ2v) is 1.72. The van der Waals surface area contributed by atoms with Gasteiger partial charge in [0.15, 0.2) is 0 Å². The Kier molecular flexibility index (Phi) is 1.54. The second-order valence-electron chi connectivity index (χ2n) is 1.12. The van der Waals surface area contributed by atoms with Crippen molar-refractivity contribution < 1.29 is 8.42 Å². The quantitative estimate of drug-likeness (QED) is 0.514. The van der Waals surface area contributed by atoms with Gasteiger partial charge in [-0.15, -0.1) is 9.89 Å². The maximum Gasteiger partial charge on any atom is 0.334 e. The molecule has 0 aliphatic carbocycles. The zero-order valence-electron chi connectivity index (χ0n) is 4.17. The van der Waals surface area contributed by atoms with E-state index in [2.05, 4.69) is 14.8 Å². The van der Waals surface area contributed by atoms with Crippen LogP contribution in [0.1, 0.15) is 0 Å². The summed E-state index contributed by atoms with van der Waals surface area (Å²) in [5, 5.41) is 6.58. The summed E-state index contributed by atoms with van der Waals surface area (Å²) in [5.41, 5.74) is 0.